The van der Waals surface area contributed by atoms with Gasteiger partial charge in [0.15, 0.2) is 0 Å². The number of nitrogens with zero attached hydrogens (tertiary/aromatic N) is 4. The van der Waals surface area contributed by atoms with E-state index in [1.165, 1.54) is 11.3 Å². The predicted molar refractivity (Wildman–Crippen MR) is 69.0 cm³/mol. The quantitative estimate of drug-likeness (QED) is 0.763. The zero-order valence-corrected chi connectivity index (χ0v) is 10.7. The molecule has 0 aliphatic rings. The van der Waals surface area contributed by atoms with Crippen molar-refractivity contribution >= 4 is 16.3 Å². The summed E-state index contributed by atoms with van der Waals surface area (Å²) in [6.07, 6.45) is 1.83. The Labute approximate surface area is 107 Å². The first-order valence-corrected chi connectivity index (χ1v) is 6.15. The van der Waals surface area contributed by atoms with Crippen LogP contribution in [-0.2, 0) is 7.05 Å². The molecule has 0 spiro atoms. The minimum absolute atomic E-state index is 0.428. The van der Waals surface area contributed by atoms with Crippen LogP contribution in [0.2, 0.25) is 0 Å². The Morgan fingerprint density at radius 1 is 1.44 bits per heavy atom. The minimum atomic E-state index is 0.428. The highest BCUT2D eigenvalue weighted by Gasteiger charge is 2.16. The number of aromatic nitrogens is 4. The summed E-state index contributed by atoms with van der Waals surface area (Å²) < 4.78 is 6.91. The molecule has 3 aromatic heterocycles. The van der Waals surface area contributed by atoms with Crippen LogP contribution in [-0.4, -0.2) is 19.9 Å². The standard InChI is InChI=1S/C11H11N5OS/c1-6-5-7(9(12)18-6)11-13-10(15-17-11)8-3-4-16(2)14-8/h3-5H,12H2,1-2H3. The van der Waals surface area contributed by atoms with Crippen LogP contribution in [0.5, 0.6) is 0 Å². The Morgan fingerprint density at radius 2 is 2.28 bits per heavy atom. The van der Waals surface area contributed by atoms with Crippen molar-refractivity contribution < 1.29 is 4.52 Å². The number of thiophene rings is 1. The third-order valence-corrected chi connectivity index (χ3v) is 3.36. The van der Waals surface area contributed by atoms with Crippen molar-refractivity contribution in [2.75, 3.05) is 5.73 Å². The van der Waals surface area contributed by atoms with E-state index in [9.17, 15) is 0 Å². The van der Waals surface area contributed by atoms with E-state index in [1.54, 1.807) is 4.68 Å². The highest BCUT2D eigenvalue weighted by atomic mass is 32.1. The van der Waals surface area contributed by atoms with Gasteiger partial charge < -0.3 is 10.3 Å². The molecule has 2 N–H and O–H groups in total. The van der Waals surface area contributed by atoms with E-state index in [0.29, 0.717) is 22.4 Å². The van der Waals surface area contributed by atoms with Gasteiger partial charge in [-0.25, -0.2) is 0 Å². The molecule has 0 aliphatic carbocycles. The summed E-state index contributed by atoms with van der Waals surface area (Å²) >= 11 is 1.50. The van der Waals surface area contributed by atoms with E-state index in [-0.39, 0.29) is 0 Å². The number of nitrogen functional groups attached to an aromatic ring is 1. The molecule has 18 heavy (non-hydrogen) atoms. The third-order valence-electron chi connectivity index (χ3n) is 2.48. The van der Waals surface area contributed by atoms with E-state index in [0.717, 1.165) is 10.4 Å². The molecular weight excluding hydrogens is 250 g/mol. The Morgan fingerprint density at radius 3 is 2.89 bits per heavy atom. The lowest BCUT2D eigenvalue weighted by Gasteiger charge is -1.89. The van der Waals surface area contributed by atoms with E-state index in [4.69, 9.17) is 10.3 Å². The average molecular weight is 261 g/mol. The average Bonchev–Trinajstić information content (AvgIpc) is 2.98. The fourth-order valence-corrected chi connectivity index (χ4v) is 2.45. The van der Waals surface area contributed by atoms with Gasteiger partial charge in [-0.2, -0.15) is 10.1 Å². The van der Waals surface area contributed by atoms with Crippen molar-refractivity contribution in [1.29, 1.82) is 0 Å². The van der Waals surface area contributed by atoms with Crippen LogP contribution in [0.4, 0.5) is 5.00 Å². The van der Waals surface area contributed by atoms with E-state index in [1.807, 2.05) is 32.3 Å². The van der Waals surface area contributed by atoms with Crippen LogP contribution in [0.3, 0.4) is 0 Å². The molecule has 3 rings (SSSR count). The van der Waals surface area contributed by atoms with E-state index in [2.05, 4.69) is 15.2 Å². The van der Waals surface area contributed by atoms with Gasteiger partial charge in [0.25, 0.3) is 5.89 Å². The molecule has 0 fully saturated rings. The summed E-state index contributed by atoms with van der Waals surface area (Å²) in [5.74, 6) is 0.895. The molecule has 0 bridgehead atoms. The smallest absolute Gasteiger partial charge is 0.261 e. The molecule has 6 nitrogen and oxygen atoms in total. The van der Waals surface area contributed by atoms with Crippen LogP contribution >= 0.6 is 11.3 Å². The summed E-state index contributed by atoms with van der Waals surface area (Å²) in [6.45, 7) is 1.99. The Kier molecular flexibility index (Phi) is 2.41. The molecule has 3 aromatic rings. The number of anilines is 1. The molecule has 7 heteroatoms. The number of hydrogen-bond donors (Lipinski definition) is 1. The zero-order chi connectivity index (χ0) is 12.7. The van der Waals surface area contributed by atoms with Crippen LogP contribution in [0, 0.1) is 6.92 Å². The molecular formula is C11H11N5OS. The monoisotopic (exact) mass is 261 g/mol. The second-order valence-electron chi connectivity index (χ2n) is 3.93. The number of hydrogen-bond acceptors (Lipinski definition) is 6. The lowest BCUT2D eigenvalue weighted by atomic mass is 10.3. The molecule has 0 amide bonds. The van der Waals surface area contributed by atoms with Crippen molar-refractivity contribution in [3.63, 3.8) is 0 Å². The molecule has 0 saturated carbocycles. The van der Waals surface area contributed by atoms with Crippen molar-refractivity contribution in [2.45, 2.75) is 6.92 Å². The van der Waals surface area contributed by atoms with Crippen LogP contribution in [0.1, 0.15) is 4.88 Å². The van der Waals surface area contributed by atoms with Crippen LogP contribution < -0.4 is 5.73 Å². The number of nitrogens with two attached hydrogens (primary N) is 1. The fraction of sp³-hybridized carbons (Fsp3) is 0.182. The molecule has 92 valence electrons. The van der Waals surface area contributed by atoms with Gasteiger partial charge in [0.1, 0.15) is 5.69 Å². The highest BCUT2D eigenvalue weighted by Crippen LogP contribution is 2.33. The summed E-state index contributed by atoms with van der Waals surface area (Å²) in [7, 11) is 1.84. The molecule has 0 aliphatic heterocycles. The lowest BCUT2D eigenvalue weighted by Crippen LogP contribution is -1.89. The van der Waals surface area contributed by atoms with Gasteiger partial charge in [0.05, 0.1) is 10.6 Å². The van der Waals surface area contributed by atoms with Crippen molar-refractivity contribution in [3.8, 4) is 23.0 Å². The first kappa shape index (κ1) is 11.0. The van der Waals surface area contributed by atoms with Gasteiger partial charge in [0.2, 0.25) is 5.82 Å². The van der Waals surface area contributed by atoms with Crippen molar-refractivity contribution in [1.82, 2.24) is 19.9 Å². The maximum atomic E-state index is 5.90. The summed E-state index contributed by atoms with van der Waals surface area (Å²) in [4.78, 5) is 5.42. The Bertz CT molecular complexity index is 696. The van der Waals surface area contributed by atoms with Crippen LogP contribution in [0.25, 0.3) is 23.0 Å². The first-order valence-electron chi connectivity index (χ1n) is 5.33. The molecule has 0 saturated heterocycles. The maximum Gasteiger partial charge on any atom is 0.261 e. The Balaban J connectivity index is 2.01. The number of aryl methyl sites for hydroxylation is 2. The second kappa shape index (κ2) is 3.95. The van der Waals surface area contributed by atoms with E-state index < -0.39 is 0 Å². The highest BCUT2D eigenvalue weighted by molar-refractivity contribution is 7.16. The van der Waals surface area contributed by atoms with Gasteiger partial charge in [-0.1, -0.05) is 5.16 Å². The van der Waals surface area contributed by atoms with Gasteiger partial charge in [0, 0.05) is 18.1 Å². The fourth-order valence-electron chi connectivity index (χ4n) is 1.67. The van der Waals surface area contributed by atoms with Crippen molar-refractivity contribution in [2.24, 2.45) is 7.05 Å². The topological polar surface area (TPSA) is 82.8 Å². The Hall–Kier alpha value is -2.15. The second-order valence-corrected chi connectivity index (χ2v) is 5.22. The summed E-state index contributed by atoms with van der Waals surface area (Å²) in [5.41, 5.74) is 7.36. The maximum absolute atomic E-state index is 5.90. The first-order chi connectivity index (χ1) is 8.63. The molecule has 3 heterocycles. The van der Waals surface area contributed by atoms with Gasteiger partial charge in [-0.15, -0.1) is 11.3 Å². The molecule has 0 unspecified atom stereocenters. The summed E-state index contributed by atoms with van der Waals surface area (Å²) in [5, 5.41) is 8.82. The molecule has 0 atom stereocenters. The van der Waals surface area contributed by atoms with Gasteiger partial charge in [-0.3, -0.25) is 4.68 Å². The third kappa shape index (κ3) is 1.78. The normalized spacial score (nSPS) is 11.0. The van der Waals surface area contributed by atoms with Gasteiger partial charge >= 0.3 is 0 Å². The number of rotatable bonds is 2. The van der Waals surface area contributed by atoms with Crippen molar-refractivity contribution in [3.05, 3.63) is 23.2 Å². The lowest BCUT2D eigenvalue weighted by molar-refractivity contribution is 0.432. The largest absolute Gasteiger partial charge is 0.390 e. The van der Waals surface area contributed by atoms with Gasteiger partial charge in [-0.05, 0) is 19.1 Å². The predicted octanol–water partition coefficient (Wildman–Crippen LogP) is 2.09. The zero-order valence-electron chi connectivity index (χ0n) is 9.91. The summed E-state index contributed by atoms with van der Waals surface area (Å²) in [6, 6.07) is 3.77. The molecule has 0 radical (unpaired) electrons. The minimum Gasteiger partial charge on any atom is -0.390 e. The molecule has 0 aromatic carbocycles. The van der Waals surface area contributed by atoms with E-state index >= 15 is 0 Å². The SMILES string of the molecule is Cc1cc(-c2nc(-c3ccn(C)n3)no2)c(N)s1. The van der Waals surface area contributed by atoms with Crippen LogP contribution in [0.15, 0.2) is 22.9 Å².